The summed E-state index contributed by atoms with van der Waals surface area (Å²) < 4.78 is 7.04. The average molecular weight is 372 g/mol. The Bertz CT molecular complexity index is 861. The van der Waals surface area contributed by atoms with Crippen molar-refractivity contribution in [3.05, 3.63) is 47.2 Å². The number of hydrogen-bond donors (Lipinski definition) is 1. The summed E-state index contributed by atoms with van der Waals surface area (Å²) >= 11 is 1.31. The lowest BCUT2D eigenvalue weighted by Gasteiger charge is -2.08. The SMILES string of the molecule is CCc1nc(-c2ncccn2)sc1C(=O)NCc1cncn1CCOC. The van der Waals surface area contributed by atoms with Gasteiger partial charge in [-0.3, -0.25) is 4.79 Å². The third kappa shape index (κ3) is 4.12. The van der Waals surface area contributed by atoms with Gasteiger partial charge in [0.25, 0.3) is 5.91 Å². The molecule has 3 aromatic heterocycles. The van der Waals surface area contributed by atoms with Crippen molar-refractivity contribution in [3.63, 3.8) is 0 Å². The van der Waals surface area contributed by atoms with Crippen LogP contribution >= 0.6 is 11.3 Å². The topological polar surface area (TPSA) is 94.8 Å². The van der Waals surface area contributed by atoms with Crippen molar-refractivity contribution in [2.45, 2.75) is 26.4 Å². The summed E-state index contributed by atoms with van der Waals surface area (Å²) in [5, 5.41) is 3.60. The van der Waals surface area contributed by atoms with Crippen LogP contribution in [-0.4, -0.2) is 44.1 Å². The fourth-order valence-electron chi connectivity index (χ4n) is 2.41. The molecule has 0 radical (unpaired) electrons. The van der Waals surface area contributed by atoms with Crippen LogP contribution in [0.4, 0.5) is 0 Å². The van der Waals surface area contributed by atoms with Gasteiger partial charge in [0.1, 0.15) is 4.88 Å². The van der Waals surface area contributed by atoms with Crippen LogP contribution in [0.2, 0.25) is 0 Å². The molecule has 0 aromatic carbocycles. The number of methoxy groups -OCH3 is 1. The molecule has 0 spiro atoms. The van der Waals surface area contributed by atoms with E-state index in [1.54, 1.807) is 38.1 Å². The van der Waals surface area contributed by atoms with Crippen LogP contribution < -0.4 is 5.32 Å². The first-order valence-corrected chi connectivity index (χ1v) is 9.07. The van der Waals surface area contributed by atoms with Gasteiger partial charge in [0.15, 0.2) is 10.8 Å². The number of thiazole rings is 1. The summed E-state index contributed by atoms with van der Waals surface area (Å²) in [4.78, 5) is 30.3. The number of imidazole rings is 1. The molecule has 0 aliphatic carbocycles. The molecule has 0 saturated carbocycles. The predicted molar refractivity (Wildman–Crippen MR) is 97.8 cm³/mol. The molecule has 0 aliphatic heterocycles. The fourth-order valence-corrected chi connectivity index (χ4v) is 3.43. The van der Waals surface area contributed by atoms with Crippen LogP contribution in [0, 0.1) is 0 Å². The molecule has 0 unspecified atom stereocenters. The fraction of sp³-hybridized carbons (Fsp3) is 0.353. The zero-order valence-electron chi connectivity index (χ0n) is 14.7. The molecule has 8 nitrogen and oxygen atoms in total. The Morgan fingerprint density at radius 2 is 2.15 bits per heavy atom. The smallest absolute Gasteiger partial charge is 0.263 e. The van der Waals surface area contributed by atoms with Crippen molar-refractivity contribution in [1.29, 1.82) is 0 Å². The number of hydrogen-bond acceptors (Lipinski definition) is 7. The van der Waals surface area contributed by atoms with Crippen LogP contribution in [0.25, 0.3) is 10.8 Å². The Morgan fingerprint density at radius 1 is 1.35 bits per heavy atom. The normalized spacial score (nSPS) is 10.8. The zero-order chi connectivity index (χ0) is 18.4. The number of nitrogens with zero attached hydrogens (tertiary/aromatic N) is 5. The van der Waals surface area contributed by atoms with E-state index in [9.17, 15) is 4.79 Å². The second-order valence-corrected chi connectivity index (χ2v) is 6.47. The van der Waals surface area contributed by atoms with Crippen molar-refractivity contribution < 1.29 is 9.53 Å². The number of carbonyl (C=O) groups excluding carboxylic acids is 1. The van der Waals surface area contributed by atoms with Gasteiger partial charge < -0.3 is 14.6 Å². The first-order chi connectivity index (χ1) is 12.7. The number of carbonyl (C=O) groups is 1. The minimum absolute atomic E-state index is 0.152. The van der Waals surface area contributed by atoms with Crippen LogP contribution in [-0.2, 0) is 24.2 Å². The van der Waals surface area contributed by atoms with E-state index in [-0.39, 0.29) is 5.91 Å². The largest absolute Gasteiger partial charge is 0.383 e. The lowest BCUT2D eigenvalue weighted by atomic mass is 10.3. The molecule has 0 bridgehead atoms. The predicted octanol–water partition coefficient (Wildman–Crippen LogP) is 1.94. The van der Waals surface area contributed by atoms with E-state index in [0.29, 0.717) is 41.8 Å². The molecular formula is C17H20N6O2S. The molecule has 9 heteroatoms. The maximum absolute atomic E-state index is 12.7. The maximum atomic E-state index is 12.7. The summed E-state index contributed by atoms with van der Waals surface area (Å²) in [6, 6.07) is 1.75. The van der Waals surface area contributed by atoms with Crippen LogP contribution in [0.1, 0.15) is 28.0 Å². The molecule has 1 N–H and O–H groups in total. The molecular weight excluding hydrogens is 352 g/mol. The van der Waals surface area contributed by atoms with Crippen LogP contribution in [0.3, 0.4) is 0 Å². The summed E-state index contributed by atoms with van der Waals surface area (Å²) in [6.45, 7) is 3.65. The molecule has 136 valence electrons. The molecule has 0 atom stereocenters. The highest BCUT2D eigenvalue weighted by Crippen LogP contribution is 2.26. The van der Waals surface area contributed by atoms with Gasteiger partial charge in [-0.05, 0) is 12.5 Å². The van der Waals surface area contributed by atoms with Crippen molar-refractivity contribution in [3.8, 4) is 10.8 Å². The third-order valence-electron chi connectivity index (χ3n) is 3.76. The molecule has 3 aromatic rings. The number of rotatable bonds is 8. The van der Waals surface area contributed by atoms with Gasteiger partial charge in [0.05, 0.1) is 30.9 Å². The Morgan fingerprint density at radius 3 is 2.88 bits per heavy atom. The Hall–Kier alpha value is -2.65. The molecule has 1 amide bonds. The molecule has 0 aliphatic rings. The van der Waals surface area contributed by atoms with Crippen molar-refractivity contribution in [1.82, 2.24) is 29.8 Å². The second-order valence-electron chi connectivity index (χ2n) is 5.47. The maximum Gasteiger partial charge on any atom is 0.263 e. The van der Waals surface area contributed by atoms with E-state index < -0.39 is 0 Å². The zero-order valence-corrected chi connectivity index (χ0v) is 15.5. The quantitative estimate of drug-likeness (QED) is 0.649. The first-order valence-electron chi connectivity index (χ1n) is 8.26. The molecule has 3 rings (SSSR count). The van der Waals surface area contributed by atoms with E-state index in [1.165, 1.54) is 11.3 Å². The van der Waals surface area contributed by atoms with Crippen LogP contribution in [0.15, 0.2) is 31.0 Å². The van der Waals surface area contributed by atoms with Crippen molar-refractivity contribution >= 4 is 17.2 Å². The summed E-state index contributed by atoms with van der Waals surface area (Å²) in [5.74, 6) is 0.380. The number of aromatic nitrogens is 5. The van der Waals surface area contributed by atoms with E-state index in [1.807, 2.05) is 11.5 Å². The molecule has 3 heterocycles. The molecule has 26 heavy (non-hydrogen) atoms. The number of aryl methyl sites for hydroxylation is 1. The number of amides is 1. The van der Waals surface area contributed by atoms with Gasteiger partial charge in [-0.25, -0.2) is 19.9 Å². The minimum Gasteiger partial charge on any atom is -0.383 e. The van der Waals surface area contributed by atoms with Crippen molar-refractivity contribution in [2.75, 3.05) is 13.7 Å². The summed E-state index contributed by atoms with van der Waals surface area (Å²) in [5.41, 5.74) is 1.67. The third-order valence-corrected chi connectivity index (χ3v) is 4.85. The van der Waals surface area contributed by atoms with E-state index in [4.69, 9.17) is 4.74 Å². The van der Waals surface area contributed by atoms with E-state index in [0.717, 1.165) is 11.4 Å². The Kier molecular flexibility index (Phi) is 6.03. The summed E-state index contributed by atoms with van der Waals surface area (Å²) in [6.07, 6.45) is 7.46. The average Bonchev–Trinajstić information content (AvgIpc) is 3.31. The Balaban J connectivity index is 1.72. The van der Waals surface area contributed by atoms with Gasteiger partial charge >= 0.3 is 0 Å². The van der Waals surface area contributed by atoms with Gasteiger partial charge in [-0.1, -0.05) is 6.92 Å². The minimum atomic E-state index is -0.152. The highest BCUT2D eigenvalue weighted by atomic mass is 32.1. The highest BCUT2D eigenvalue weighted by molar-refractivity contribution is 7.17. The monoisotopic (exact) mass is 372 g/mol. The lowest BCUT2D eigenvalue weighted by Crippen LogP contribution is -2.24. The second kappa shape index (κ2) is 8.63. The van der Waals surface area contributed by atoms with Gasteiger partial charge in [-0.15, -0.1) is 11.3 Å². The molecule has 0 fully saturated rings. The van der Waals surface area contributed by atoms with Crippen LogP contribution in [0.5, 0.6) is 0 Å². The van der Waals surface area contributed by atoms with E-state index >= 15 is 0 Å². The molecule has 0 saturated heterocycles. The standard InChI is InChI=1S/C17H20N6O2S/c1-3-13-14(26-17(22-13)15-19-5-4-6-20-15)16(24)21-10-12-9-18-11-23(12)7-8-25-2/h4-6,9,11H,3,7-8,10H2,1-2H3,(H,21,24). The van der Waals surface area contributed by atoms with Crippen molar-refractivity contribution in [2.24, 2.45) is 0 Å². The van der Waals surface area contributed by atoms with Gasteiger partial charge in [-0.2, -0.15) is 0 Å². The van der Waals surface area contributed by atoms with E-state index in [2.05, 4.69) is 25.3 Å². The van der Waals surface area contributed by atoms with Gasteiger partial charge in [0.2, 0.25) is 0 Å². The lowest BCUT2D eigenvalue weighted by molar-refractivity contribution is 0.0953. The highest BCUT2D eigenvalue weighted by Gasteiger charge is 2.19. The van der Waals surface area contributed by atoms with Gasteiger partial charge in [0, 0.05) is 32.2 Å². The number of ether oxygens (including phenoxy) is 1. The first kappa shape index (κ1) is 18.2. The number of nitrogens with one attached hydrogen (secondary N) is 1. The summed E-state index contributed by atoms with van der Waals surface area (Å²) in [7, 11) is 1.66. The Labute approximate surface area is 155 Å².